The Labute approximate surface area is 162 Å². The van der Waals surface area contributed by atoms with Gasteiger partial charge in [0, 0.05) is 10.4 Å². The summed E-state index contributed by atoms with van der Waals surface area (Å²) in [6, 6.07) is 17.3. The lowest BCUT2D eigenvalue weighted by molar-refractivity contribution is -0.112. The third kappa shape index (κ3) is 3.43. The molecule has 0 saturated carbocycles. The second-order valence-corrected chi connectivity index (χ2v) is 8.36. The van der Waals surface area contributed by atoms with Gasteiger partial charge in [-0.15, -0.1) is 0 Å². The van der Waals surface area contributed by atoms with E-state index in [1.807, 2.05) is 24.3 Å². The number of nitrogens with zero attached hydrogens (tertiary/aromatic N) is 1. The molecule has 1 unspecified atom stereocenters. The number of halogens is 2. The van der Waals surface area contributed by atoms with E-state index in [-0.39, 0.29) is 4.90 Å². The molecule has 0 radical (unpaired) electrons. The van der Waals surface area contributed by atoms with Crippen molar-refractivity contribution in [2.75, 3.05) is 4.31 Å². The van der Waals surface area contributed by atoms with Gasteiger partial charge in [-0.3, -0.25) is 9.10 Å². The van der Waals surface area contributed by atoms with E-state index < -0.39 is 21.3 Å². The van der Waals surface area contributed by atoms with Crippen molar-refractivity contribution in [2.24, 2.45) is 0 Å². The van der Waals surface area contributed by atoms with Gasteiger partial charge in [0.25, 0.3) is 10.0 Å². The maximum atomic E-state index is 13.3. The van der Waals surface area contributed by atoms with Gasteiger partial charge in [-0.2, -0.15) is 0 Å². The number of hydrogen-bond acceptors (Lipinski definition) is 3. The van der Waals surface area contributed by atoms with Crippen molar-refractivity contribution in [3.8, 4) is 0 Å². The van der Waals surface area contributed by atoms with Crippen molar-refractivity contribution in [3.63, 3.8) is 0 Å². The predicted molar refractivity (Wildman–Crippen MR) is 105 cm³/mol. The fourth-order valence-electron chi connectivity index (χ4n) is 2.76. The lowest BCUT2D eigenvalue weighted by Gasteiger charge is -2.29. The van der Waals surface area contributed by atoms with E-state index >= 15 is 0 Å². The van der Waals surface area contributed by atoms with Crippen LogP contribution in [0.1, 0.15) is 6.92 Å². The lowest BCUT2D eigenvalue weighted by atomic mass is 10.1. The fourth-order valence-corrected chi connectivity index (χ4v) is 4.68. The summed E-state index contributed by atoms with van der Waals surface area (Å²) in [6.45, 7) is 1.46. The average Bonchev–Trinajstić information content (AvgIpc) is 2.62. The van der Waals surface area contributed by atoms with Gasteiger partial charge in [0.05, 0.1) is 10.6 Å². The third-order valence-corrected chi connectivity index (χ3v) is 6.52. The fraction of sp³-hybridized carbons (Fsp3) is 0.105. The van der Waals surface area contributed by atoms with Crippen LogP contribution in [0.25, 0.3) is 10.8 Å². The molecule has 0 fully saturated rings. The molecule has 0 heterocycles. The van der Waals surface area contributed by atoms with Gasteiger partial charge in [0.15, 0.2) is 0 Å². The smallest absolute Gasteiger partial charge is 0.265 e. The third-order valence-electron chi connectivity index (χ3n) is 4.05. The summed E-state index contributed by atoms with van der Waals surface area (Å²) < 4.78 is 27.7. The molecular weight excluding hydrogens is 393 g/mol. The van der Waals surface area contributed by atoms with Gasteiger partial charge in [-0.25, -0.2) is 8.42 Å². The van der Waals surface area contributed by atoms with Crippen LogP contribution in [0.3, 0.4) is 0 Å². The Bertz CT molecular complexity index is 1060. The van der Waals surface area contributed by atoms with Crippen LogP contribution in [0.4, 0.5) is 5.69 Å². The van der Waals surface area contributed by atoms with Crippen LogP contribution in [0.15, 0.2) is 71.6 Å². The Balaban J connectivity index is 2.26. The highest BCUT2D eigenvalue weighted by atomic mass is 35.5. The highest BCUT2D eigenvalue weighted by Gasteiger charge is 2.33. The molecule has 3 rings (SSSR count). The Kier molecular flexibility index (Phi) is 5.23. The summed E-state index contributed by atoms with van der Waals surface area (Å²) in [5, 5.41) is 1.21. The number of fused-ring (bicyclic) bond motifs is 1. The van der Waals surface area contributed by atoms with Crippen molar-refractivity contribution in [1.82, 2.24) is 0 Å². The maximum Gasteiger partial charge on any atom is 0.265 e. The van der Waals surface area contributed by atoms with E-state index in [1.54, 1.807) is 18.2 Å². The number of benzene rings is 3. The second kappa shape index (κ2) is 7.27. The Morgan fingerprint density at radius 3 is 2.23 bits per heavy atom. The van der Waals surface area contributed by atoms with E-state index in [4.69, 9.17) is 23.2 Å². The molecular formula is C19H15Cl2NO3S. The maximum absolute atomic E-state index is 13.3. The molecule has 0 saturated heterocycles. The zero-order valence-electron chi connectivity index (χ0n) is 13.8. The number of anilines is 1. The van der Waals surface area contributed by atoms with Crippen LogP contribution in [0, 0.1) is 0 Å². The monoisotopic (exact) mass is 407 g/mol. The number of carbonyl (C=O) groups is 1. The molecule has 0 N–H and O–H groups in total. The number of carbonyl (C=O) groups excluding carboxylic acids is 1. The molecule has 0 aliphatic heterocycles. The topological polar surface area (TPSA) is 54.5 Å². The summed E-state index contributed by atoms with van der Waals surface area (Å²) in [4.78, 5) is 11.9. The summed E-state index contributed by atoms with van der Waals surface area (Å²) in [7, 11) is -4.04. The van der Waals surface area contributed by atoms with Crippen LogP contribution in [0.2, 0.25) is 5.02 Å². The summed E-state index contributed by atoms with van der Waals surface area (Å²) in [6.07, 6.45) is 0. The number of rotatable bonds is 5. The van der Waals surface area contributed by atoms with Crippen LogP contribution < -0.4 is 4.31 Å². The molecule has 0 aliphatic rings. The van der Waals surface area contributed by atoms with Crippen molar-refractivity contribution >= 4 is 54.9 Å². The summed E-state index contributed by atoms with van der Waals surface area (Å²) in [5.74, 6) is 0. The molecule has 0 aliphatic carbocycles. The van der Waals surface area contributed by atoms with Gasteiger partial charge in [-0.05, 0) is 54.2 Å². The molecule has 0 amide bonds. The standard InChI is InChI=1S/C19H15Cl2NO3S/c1-13(19(21)23)22(26(24,25)16-11-9-15(20)10-12-16)18-8-4-6-14-5-2-3-7-17(14)18/h2-13H,1H3. The minimum absolute atomic E-state index is 0.0274. The molecule has 134 valence electrons. The normalized spacial score (nSPS) is 12.7. The first kappa shape index (κ1) is 18.7. The largest absolute Gasteiger partial charge is 0.279 e. The molecule has 3 aromatic rings. The minimum Gasteiger partial charge on any atom is -0.279 e. The van der Waals surface area contributed by atoms with Crippen molar-refractivity contribution in [3.05, 3.63) is 71.8 Å². The average molecular weight is 408 g/mol. The number of sulfonamides is 1. The van der Waals surface area contributed by atoms with Crippen LogP contribution in [0.5, 0.6) is 0 Å². The van der Waals surface area contributed by atoms with E-state index in [1.165, 1.54) is 31.2 Å². The zero-order valence-corrected chi connectivity index (χ0v) is 16.1. The SMILES string of the molecule is CC(C(=O)Cl)N(c1cccc2ccccc12)S(=O)(=O)c1ccc(Cl)cc1. The van der Waals surface area contributed by atoms with Gasteiger partial charge in [0.1, 0.15) is 6.04 Å². The molecule has 4 nitrogen and oxygen atoms in total. The van der Waals surface area contributed by atoms with E-state index in [0.29, 0.717) is 16.1 Å². The quantitative estimate of drug-likeness (QED) is 0.568. The van der Waals surface area contributed by atoms with Crippen molar-refractivity contribution < 1.29 is 13.2 Å². The van der Waals surface area contributed by atoms with Crippen LogP contribution in [-0.2, 0) is 14.8 Å². The second-order valence-electron chi connectivity index (χ2n) is 5.73. The first-order valence-corrected chi connectivity index (χ1v) is 9.99. The molecule has 0 spiro atoms. The molecule has 0 bridgehead atoms. The Morgan fingerprint density at radius 2 is 1.58 bits per heavy atom. The predicted octanol–water partition coefficient (Wildman–Crippen LogP) is 4.84. The molecule has 0 aromatic heterocycles. The highest BCUT2D eigenvalue weighted by molar-refractivity contribution is 7.93. The van der Waals surface area contributed by atoms with Gasteiger partial charge < -0.3 is 0 Å². The van der Waals surface area contributed by atoms with Crippen molar-refractivity contribution in [1.29, 1.82) is 0 Å². The molecule has 3 aromatic carbocycles. The van der Waals surface area contributed by atoms with Gasteiger partial charge >= 0.3 is 0 Å². The van der Waals surface area contributed by atoms with Crippen LogP contribution >= 0.6 is 23.2 Å². The van der Waals surface area contributed by atoms with Gasteiger partial charge in [0.2, 0.25) is 5.24 Å². The summed E-state index contributed by atoms with van der Waals surface area (Å²) >= 11 is 11.5. The lowest BCUT2D eigenvalue weighted by Crippen LogP contribution is -2.42. The van der Waals surface area contributed by atoms with Crippen LogP contribution in [-0.4, -0.2) is 19.7 Å². The minimum atomic E-state index is -4.04. The van der Waals surface area contributed by atoms with E-state index in [9.17, 15) is 13.2 Å². The Morgan fingerprint density at radius 1 is 0.962 bits per heavy atom. The van der Waals surface area contributed by atoms with E-state index in [2.05, 4.69) is 0 Å². The number of hydrogen-bond donors (Lipinski definition) is 0. The van der Waals surface area contributed by atoms with E-state index in [0.717, 1.165) is 9.69 Å². The molecule has 1 atom stereocenters. The van der Waals surface area contributed by atoms with Gasteiger partial charge in [-0.1, -0.05) is 48.0 Å². The zero-order chi connectivity index (χ0) is 18.9. The Hall–Kier alpha value is -2.08. The first-order chi connectivity index (χ1) is 12.3. The summed E-state index contributed by atoms with van der Waals surface area (Å²) in [5.41, 5.74) is 0.388. The molecule has 7 heteroatoms. The first-order valence-electron chi connectivity index (χ1n) is 7.79. The van der Waals surface area contributed by atoms with Crippen molar-refractivity contribution in [2.45, 2.75) is 17.9 Å². The highest BCUT2D eigenvalue weighted by Crippen LogP contribution is 2.33. The molecule has 26 heavy (non-hydrogen) atoms.